The van der Waals surface area contributed by atoms with E-state index in [2.05, 4.69) is 16.0 Å². The Kier molecular flexibility index (Phi) is 6.44. The molecule has 1 amide bonds. The molecule has 0 aliphatic carbocycles. The first-order chi connectivity index (χ1) is 11.9. The summed E-state index contributed by atoms with van der Waals surface area (Å²) >= 11 is 11.5. The molecule has 0 heterocycles. The van der Waals surface area contributed by atoms with Gasteiger partial charge in [-0.2, -0.15) is 0 Å². The Bertz CT molecular complexity index is 799. The number of anilines is 3. The normalized spacial score (nSPS) is 9.92. The average molecular weight is 380 g/mol. The van der Waals surface area contributed by atoms with Gasteiger partial charge in [0.1, 0.15) is 11.5 Å². The van der Waals surface area contributed by atoms with Gasteiger partial charge in [0.2, 0.25) is 5.91 Å². The molecule has 0 saturated carbocycles. The summed E-state index contributed by atoms with van der Waals surface area (Å²) < 4.78 is 10.5. The molecule has 0 radical (unpaired) electrons. The van der Waals surface area contributed by atoms with Gasteiger partial charge in [-0.25, -0.2) is 0 Å². The van der Waals surface area contributed by atoms with E-state index >= 15 is 0 Å². The highest BCUT2D eigenvalue weighted by molar-refractivity contribution is 7.80. The van der Waals surface area contributed by atoms with Crippen LogP contribution < -0.4 is 25.4 Å². The second-order valence-corrected chi connectivity index (χ2v) is 5.84. The number of ether oxygens (including phenoxy) is 2. The van der Waals surface area contributed by atoms with Crippen LogP contribution in [0.5, 0.6) is 11.5 Å². The van der Waals surface area contributed by atoms with Crippen molar-refractivity contribution >= 4 is 51.9 Å². The molecule has 0 bridgehead atoms. The summed E-state index contributed by atoms with van der Waals surface area (Å²) in [6.07, 6.45) is 0. The first kappa shape index (κ1) is 18.8. The number of carbonyl (C=O) groups excluding carboxylic acids is 1. The average Bonchev–Trinajstić information content (AvgIpc) is 2.54. The van der Waals surface area contributed by atoms with Crippen molar-refractivity contribution < 1.29 is 14.3 Å². The highest BCUT2D eigenvalue weighted by atomic mass is 35.5. The third-order valence-electron chi connectivity index (χ3n) is 3.16. The zero-order valence-corrected chi connectivity index (χ0v) is 15.5. The van der Waals surface area contributed by atoms with Crippen LogP contribution in [0.2, 0.25) is 5.02 Å². The Morgan fingerprint density at radius 2 is 1.64 bits per heavy atom. The molecule has 0 atom stereocenters. The van der Waals surface area contributed by atoms with Crippen molar-refractivity contribution in [1.82, 2.24) is 0 Å². The van der Waals surface area contributed by atoms with Gasteiger partial charge in [-0.05, 0) is 36.5 Å². The highest BCUT2D eigenvalue weighted by Crippen LogP contribution is 2.35. The number of rotatable bonds is 5. The molecular formula is C17H18ClN3O3S. The molecule has 8 heteroatoms. The van der Waals surface area contributed by atoms with Gasteiger partial charge in [-0.3, -0.25) is 4.79 Å². The third kappa shape index (κ3) is 5.23. The fourth-order valence-electron chi connectivity index (χ4n) is 2.12. The second kappa shape index (κ2) is 8.55. The predicted molar refractivity (Wildman–Crippen MR) is 105 cm³/mol. The van der Waals surface area contributed by atoms with Crippen molar-refractivity contribution in [2.45, 2.75) is 6.92 Å². The van der Waals surface area contributed by atoms with Crippen LogP contribution >= 0.6 is 23.8 Å². The number of thiocarbonyl (C=S) groups is 1. The van der Waals surface area contributed by atoms with E-state index in [1.807, 2.05) is 6.07 Å². The van der Waals surface area contributed by atoms with Gasteiger partial charge in [-0.1, -0.05) is 17.7 Å². The first-order valence-electron chi connectivity index (χ1n) is 7.30. The molecule has 6 nitrogen and oxygen atoms in total. The molecule has 25 heavy (non-hydrogen) atoms. The smallest absolute Gasteiger partial charge is 0.221 e. The van der Waals surface area contributed by atoms with Gasteiger partial charge < -0.3 is 25.4 Å². The Morgan fingerprint density at radius 1 is 1.00 bits per heavy atom. The number of carbonyl (C=O) groups is 1. The lowest BCUT2D eigenvalue weighted by Gasteiger charge is -2.15. The molecule has 132 valence electrons. The minimum atomic E-state index is -0.143. The molecule has 0 saturated heterocycles. The number of nitrogens with one attached hydrogen (secondary N) is 3. The summed E-state index contributed by atoms with van der Waals surface area (Å²) in [6, 6.07) is 10.5. The minimum Gasteiger partial charge on any atom is -0.495 e. The fraction of sp³-hybridized carbons (Fsp3) is 0.176. The number of methoxy groups -OCH3 is 2. The molecule has 0 aliphatic heterocycles. The monoisotopic (exact) mass is 379 g/mol. The first-order valence-corrected chi connectivity index (χ1v) is 8.08. The van der Waals surface area contributed by atoms with E-state index in [1.165, 1.54) is 14.0 Å². The molecule has 0 unspecified atom stereocenters. The molecule has 2 aromatic carbocycles. The van der Waals surface area contributed by atoms with Crippen LogP contribution in [0.1, 0.15) is 6.92 Å². The van der Waals surface area contributed by atoms with E-state index in [4.69, 9.17) is 33.3 Å². The van der Waals surface area contributed by atoms with E-state index < -0.39 is 0 Å². The largest absolute Gasteiger partial charge is 0.495 e. The highest BCUT2D eigenvalue weighted by Gasteiger charge is 2.11. The van der Waals surface area contributed by atoms with E-state index in [1.54, 1.807) is 37.4 Å². The molecule has 3 N–H and O–H groups in total. The van der Waals surface area contributed by atoms with Crippen LogP contribution in [0.4, 0.5) is 17.1 Å². The number of hydrogen-bond acceptors (Lipinski definition) is 4. The topological polar surface area (TPSA) is 71.6 Å². The van der Waals surface area contributed by atoms with Gasteiger partial charge in [0.05, 0.1) is 24.9 Å². The van der Waals surface area contributed by atoms with Crippen LogP contribution in [0, 0.1) is 0 Å². The van der Waals surface area contributed by atoms with Gasteiger partial charge >= 0.3 is 0 Å². The van der Waals surface area contributed by atoms with E-state index in [9.17, 15) is 4.79 Å². The number of benzene rings is 2. The van der Waals surface area contributed by atoms with Gasteiger partial charge in [-0.15, -0.1) is 0 Å². The Hall–Kier alpha value is -2.51. The van der Waals surface area contributed by atoms with E-state index in [0.717, 1.165) is 5.69 Å². The molecule has 0 aromatic heterocycles. The molecular weight excluding hydrogens is 362 g/mol. The number of hydrogen-bond donors (Lipinski definition) is 3. The lowest BCUT2D eigenvalue weighted by Crippen LogP contribution is -2.19. The third-order valence-corrected chi connectivity index (χ3v) is 3.66. The summed E-state index contributed by atoms with van der Waals surface area (Å²) in [5.41, 5.74) is 2.00. The van der Waals surface area contributed by atoms with Crippen molar-refractivity contribution in [2.24, 2.45) is 0 Å². The van der Waals surface area contributed by atoms with Crippen LogP contribution in [-0.2, 0) is 4.79 Å². The van der Waals surface area contributed by atoms with E-state index in [-0.39, 0.29) is 5.91 Å². The maximum atomic E-state index is 11.1. The maximum absolute atomic E-state index is 11.1. The Morgan fingerprint density at radius 3 is 2.24 bits per heavy atom. The lowest BCUT2D eigenvalue weighted by atomic mass is 10.2. The van der Waals surface area contributed by atoms with E-state index in [0.29, 0.717) is 33.0 Å². The molecule has 0 spiro atoms. The molecule has 0 fully saturated rings. The SMILES string of the molecule is COc1cc(OC)c(NC(=S)Nc2cccc(NC(C)=O)c2)cc1Cl. The second-order valence-electron chi connectivity index (χ2n) is 5.03. The van der Waals surface area contributed by atoms with Gasteiger partial charge in [0.25, 0.3) is 0 Å². The quantitative estimate of drug-likeness (QED) is 0.678. The summed E-state index contributed by atoms with van der Waals surface area (Å²) in [5.74, 6) is 0.902. The molecule has 2 aromatic rings. The molecule has 2 rings (SSSR count). The summed E-state index contributed by atoms with van der Waals surface area (Å²) in [7, 11) is 3.07. The summed E-state index contributed by atoms with van der Waals surface area (Å²) in [5, 5.41) is 9.56. The molecule has 0 aliphatic rings. The van der Waals surface area contributed by atoms with Crippen LogP contribution in [0.3, 0.4) is 0 Å². The zero-order chi connectivity index (χ0) is 18.4. The van der Waals surface area contributed by atoms with Crippen LogP contribution in [0.15, 0.2) is 36.4 Å². The van der Waals surface area contributed by atoms with Crippen molar-refractivity contribution in [3.63, 3.8) is 0 Å². The fourth-order valence-corrected chi connectivity index (χ4v) is 2.59. The van der Waals surface area contributed by atoms with Gasteiger partial charge in [0, 0.05) is 24.4 Å². The van der Waals surface area contributed by atoms with Crippen molar-refractivity contribution in [1.29, 1.82) is 0 Å². The van der Waals surface area contributed by atoms with Crippen LogP contribution in [0.25, 0.3) is 0 Å². The minimum absolute atomic E-state index is 0.143. The standard InChI is InChI=1S/C17H18ClN3O3S/c1-10(22)19-11-5-4-6-12(7-11)20-17(25)21-14-8-13(18)15(23-2)9-16(14)24-3/h4-9H,1-3H3,(H,19,22)(H2,20,21,25). The maximum Gasteiger partial charge on any atom is 0.221 e. The van der Waals surface area contributed by atoms with Crippen molar-refractivity contribution in [3.05, 3.63) is 41.4 Å². The Labute approximate surface area is 156 Å². The zero-order valence-electron chi connectivity index (χ0n) is 14.0. The summed E-state index contributed by atoms with van der Waals surface area (Å²) in [4.78, 5) is 11.1. The van der Waals surface area contributed by atoms with Crippen molar-refractivity contribution in [2.75, 3.05) is 30.2 Å². The Balaban J connectivity index is 2.12. The number of halogens is 1. The van der Waals surface area contributed by atoms with Crippen LogP contribution in [-0.4, -0.2) is 25.2 Å². The van der Waals surface area contributed by atoms with Crippen molar-refractivity contribution in [3.8, 4) is 11.5 Å². The summed E-state index contributed by atoms with van der Waals surface area (Å²) in [6.45, 7) is 1.45. The number of amides is 1. The van der Waals surface area contributed by atoms with Gasteiger partial charge in [0.15, 0.2) is 5.11 Å². The lowest BCUT2D eigenvalue weighted by molar-refractivity contribution is -0.114. The predicted octanol–water partition coefficient (Wildman–Crippen LogP) is 4.12.